The number of unbranched alkanes of at least 4 members (excludes halogenated alkanes) is 1. The normalized spacial score (nSPS) is 20.1. The molecule has 0 aromatic rings. The Labute approximate surface area is 131 Å². The quantitative estimate of drug-likeness (QED) is 0.319. The summed E-state index contributed by atoms with van der Waals surface area (Å²) in [6.45, 7) is 0. The van der Waals surface area contributed by atoms with E-state index in [2.05, 4.69) is 5.32 Å². The van der Waals surface area contributed by atoms with Gasteiger partial charge in [-0.15, -0.1) is 0 Å². The fourth-order valence-electron chi connectivity index (χ4n) is 1.87. The van der Waals surface area contributed by atoms with Crippen molar-refractivity contribution in [3.05, 3.63) is 0 Å². The average Bonchev–Trinajstić information content (AvgIpc) is 2.85. The molecule has 1 aliphatic heterocycles. The number of rotatable bonds is 9. The van der Waals surface area contributed by atoms with Gasteiger partial charge in [-0.1, -0.05) is 28.0 Å². The highest BCUT2D eigenvalue weighted by molar-refractivity contribution is 8.77. The predicted octanol–water partition coefficient (Wildman–Crippen LogP) is 1.16. The SMILES string of the molecule is O=C(CCCC[C@H]1CCSS1)N[C@@H](CS(=O)(=O)O)C(=O)O. The van der Waals surface area contributed by atoms with Gasteiger partial charge in [-0.25, -0.2) is 4.79 Å². The second kappa shape index (κ2) is 8.86. The standard InChI is InChI=1S/C11H19NO6S3/c13-10(4-2-1-3-8-5-6-19-20-8)12-9(11(14)15)7-21(16,17)18/h8-9H,1-7H2,(H,12,13)(H,14,15)(H,16,17,18)/t8-,9-/m0/s1. The van der Waals surface area contributed by atoms with Crippen molar-refractivity contribution >= 4 is 43.6 Å². The first-order chi connectivity index (χ1) is 9.78. The van der Waals surface area contributed by atoms with Crippen LogP contribution in [0.2, 0.25) is 0 Å². The molecule has 0 unspecified atom stereocenters. The molecule has 1 amide bonds. The van der Waals surface area contributed by atoms with E-state index in [0.717, 1.165) is 18.6 Å². The van der Waals surface area contributed by atoms with Gasteiger partial charge in [0.2, 0.25) is 5.91 Å². The highest BCUT2D eigenvalue weighted by Crippen LogP contribution is 2.39. The molecule has 0 bridgehead atoms. The van der Waals surface area contributed by atoms with Crippen molar-refractivity contribution in [2.75, 3.05) is 11.5 Å². The number of aliphatic carboxylic acids is 1. The maximum atomic E-state index is 11.6. The number of carbonyl (C=O) groups is 2. The summed E-state index contributed by atoms with van der Waals surface area (Å²) in [5.41, 5.74) is 0. The van der Waals surface area contributed by atoms with Gasteiger partial charge < -0.3 is 10.4 Å². The summed E-state index contributed by atoms with van der Waals surface area (Å²) in [6, 6.07) is -1.62. The van der Waals surface area contributed by atoms with Crippen LogP contribution in [0.15, 0.2) is 0 Å². The van der Waals surface area contributed by atoms with Gasteiger partial charge in [0.05, 0.1) is 0 Å². The minimum Gasteiger partial charge on any atom is -0.480 e. The van der Waals surface area contributed by atoms with Crippen LogP contribution in [-0.2, 0) is 19.7 Å². The Kier molecular flexibility index (Phi) is 7.85. The zero-order chi connectivity index (χ0) is 15.9. The van der Waals surface area contributed by atoms with Crippen molar-refractivity contribution in [2.45, 2.75) is 43.4 Å². The van der Waals surface area contributed by atoms with E-state index in [1.807, 2.05) is 21.6 Å². The van der Waals surface area contributed by atoms with Crippen LogP contribution in [0.1, 0.15) is 32.1 Å². The lowest BCUT2D eigenvalue weighted by atomic mass is 10.1. The fourth-order valence-corrected chi connectivity index (χ4v) is 5.55. The second-order valence-corrected chi connectivity index (χ2v) is 9.07. The molecule has 1 saturated heterocycles. The van der Waals surface area contributed by atoms with Gasteiger partial charge in [-0.3, -0.25) is 9.35 Å². The molecule has 0 saturated carbocycles. The lowest BCUT2D eigenvalue weighted by molar-refractivity contribution is -0.141. The maximum Gasteiger partial charge on any atom is 0.327 e. The van der Waals surface area contributed by atoms with E-state index in [1.54, 1.807) is 0 Å². The molecule has 2 atom stereocenters. The first-order valence-corrected chi connectivity index (χ1v) is 10.5. The van der Waals surface area contributed by atoms with Crippen LogP contribution in [0.5, 0.6) is 0 Å². The highest BCUT2D eigenvalue weighted by Gasteiger charge is 2.25. The van der Waals surface area contributed by atoms with Crippen LogP contribution in [0.3, 0.4) is 0 Å². The topological polar surface area (TPSA) is 121 Å². The van der Waals surface area contributed by atoms with E-state index in [9.17, 15) is 18.0 Å². The largest absolute Gasteiger partial charge is 0.480 e. The monoisotopic (exact) mass is 357 g/mol. The second-order valence-electron chi connectivity index (χ2n) is 4.78. The maximum absolute atomic E-state index is 11.6. The summed E-state index contributed by atoms with van der Waals surface area (Å²) in [5, 5.41) is 11.5. The van der Waals surface area contributed by atoms with Gasteiger partial charge in [0.1, 0.15) is 11.8 Å². The van der Waals surface area contributed by atoms with Crippen molar-refractivity contribution in [3.63, 3.8) is 0 Å². The van der Waals surface area contributed by atoms with Gasteiger partial charge in [0.15, 0.2) is 0 Å². The molecule has 1 heterocycles. The third kappa shape index (κ3) is 8.54. The van der Waals surface area contributed by atoms with Gasteiger partial charge >= 0.3 is 5.97 Å². The van der Waals surface area contributed by atoms with Crippen LogP contribution >= 0.6 is 21.6 Å². The minimum atomic E-state index is -4.45. The van der Waals surface area contributed by atoms with E-state index in [4.69, 9.17) is 9.66 Å². The number of nitrogens with one attached hydrogen (secondary N) is 1. The van der Waals surface area contributed by atoms with Gasteiger partial charge in [0.25, 0.3) is 10.1 Å². The summed E-state index contributed by atoms with van der Waals surface area (Å²) < 4.78 is 30.0. The molecule has 122 valence electrons. The van der Waals surface area contributed by atoms with Crippen molar-refractivity contribution in [2.24, 2.45) is 0 Å². The zero-order valence-corrected chi connectivity index (χ0v) is 13.8. The lowest BCUT2D eigenvalue weighted by Crippen LogP contribution is -2.45. The lowest BCUT2D eigenvalue weighted by Gasteiger charge is -2.13. The van der Waals surface area contributed by atoms with Crippen LogP contribution in [0, 0.1) is 0 Å². The Morgan fingerprint density at radius 3 is 2.57 bits per heavy atom. The molecule has 0 spiro atoms. The van der Waals surface area contributed by atoms with Gasteiger partial charge in [-0.2, -0.15) is 8.42 Å². The molecule has 1 rings (SSSR count). The molecular formula is C11H19NO6S3. The smallest absolute Gasteiger partial charge is 0.327 e. The Morgan fingerprint density at radius 2 is 2.05 bits per heavy atom. The van der Waals surface area contributed by atoms with Gasteiger partial charge in [-0.05, 0) is 19.3 Å². The Hall–Kier alpha value is -0.450. The van der Waals surface area contributed by atoms with E-state index >= 15 is 0 Å². The van der Waals surface area contributed by atoms with Crippen LogP contribution in [0.25, 0.3) is 0 Å². The highest BCUT2D eigenvalue weighted by atomic mass is 33.1. The van der Waals surface area contributed by atoms with Crippen LogP contribution in [0.4, 0.5) is 0 Å². The summed E-state index contributed by atoms with van der Waals surface area (Å²) in [4.78, 5) is 22.4. The van der Waals surface area contributed by atoms with Crippen LogP contribution < -0.4 is 5.32 Å². The zero-order valence-electron chi connectivity index (χ0n) is 11.4. The summed E-state index contributed by atoms with van der Waals surface area (Å²) >= 11 is 0. The van der Waals surface area contributed by atoms with Gasteiger partial charge in [0, 0.05) is 17.4 Å². The third-order valence-electron chi connectivity index (χ3n) is 2.92. The molecule has 10 heteroatoms. The van der Waals surface area contributed by atoms with Crippen molar-refractivity contribution in [3.8, 4) is 0 Å². The first kappa shape index (κ1) is 18.6. The number of hydrogen-bond acceptors (Lipinski definition) is 6. The molecule has 1 aliphatic rings. The number of carbonyl (C=O) groups excluding carboxylic acids is 1. The van der Waals surface area contributed by atoms with Crippen molar-refractivity contribution in [1.82, 2.24) is 5.32 Å². The molecule has 0 aromatic carbocycles. The summed E-state index contributed by atoms with van der Waals surface area (Å²) in [6.07, 6.45) is 3.86. The predicted molar refractivity (Wildman–Crippen MR) is 82.9 cm³/mol. The van der Waals surface area contributed by atoms with E-state index in [-0.39, 0.29) is 6.42 Å². The Morgan fingerprint density at radius 1 is 1.33 bits per heavy atom. The minimum absolute atomic E-state index is 0.153. The number of carboxylic acids is 1. The van der Waals surface area contributed by atoms with Crippen molar-refractivity contribution < 1.29 is 27.7 Å². The molecule has 21 heavy (non-hydrogen) atoms. The molecule has 0 radical (unpaired) electrons. The van der Waals surface area contributed by atoms with E-state index < -0.39 is 33.8 Å². The van der Waals surface area contributed by atoms with Crippen LogP contribution in [-0.4, -0.2) is 52.8 Å². The molecule has 0 aliphatic carbocycles. The van der Waals surface area contributed by atoms with E-state index in [1.165, 1.54) is 6.42 Å². The summed E-state index contributed by atoms with van der Waals surface area (Å²) in [5.74, 6) is -1.87. The molecular weight excluding hydrogens is 338 g/mol. The third-order valence-corrected chi connectivity index (χ3v) is 6.68. The molecule has 3 N–H and O–H groups in total. The molecule has 1 fully saturated rings. The van der Waals surface area contributed by atoms with E-state index in [0.29, 0.717) is 11.7 Å². The number of hydrogen-bond donors (Lipinski definition) is 3. The molecule has 7 nitrogen and oxygen atoms in total. The average molecular weight is 357 g/mol. The number of amides is 1. The summed E-state index contributed by atoms with van der Waals surface area (Å²) in [7, 11) is -0.730. The fraction of sp³-hybridized carbons (Fsp3) is 0.818. The Bertz CT molecular complexity index is 461. The first-order valence-electron chi connectivity index (χ1n) is 6.53. The Balaban J connectivity index is 2.25. The van der Waals surface area contributed by atoms with Crippen molar-refractivity contribution in [1.29, 1.82) is 0 Å². The number of carboxylic acid groups (broad SMARTS) is 1. The molecule has 0 aromatic heterocycles.